The first kappa shape index (κ1) is 29.9. The van der Waals surface area contributed by atoms with Crippen LogP contribution >= 0.6 is 0 Å². The molecule has 0 spiro atoms. The largest absolute Gasteiger partial charge is 0.490 e. The maximum Gasteiger partial charge on any atom is 0.330 e. The van der Waals surface area contributed by atoms with Gasteiger partial charge in [0.15, 0.2) is 0 Å². The maximum atomic E-state index is 11.7. The van der Waals surface area contributed by atoms with Crippen LogP contribution in [0.1, 0.15) is 70.8 Å². The third-order valence-electron chi connectivity index (χ3n) is 6.23. The van der Waals surface area contributed by atoms with Gasteiger partial charge >= 0.3 is 11.9 Å². The van der Waals surface area contributed by atoms with Gasteiger partial charge in [-0.25, -0.2) is 9.59 Å². The molecule has 2 unspecified atom stereocenters. The van der Waals surface area contributed by atoms with Crippen molar-refractivity contribution in [2.45, 2.75) is 84.3 Å². The van der Waals surface area contributed by atoms with Crippen molar-refractivity contribution in [1.29, 1.82) is 0 Å². The number of rotatable bonds is 18. The van der Waals surface area contributed by atoms with E-state index < -0.39 is 11.9 Å². The van der Waals surface area contributed by atoms with Crippen molar-refractivity contribution in [3.8, 4) is 11.5 Å². The van der Waals surface area contributed by atoms with Crippen molar-refractivity contribution >= 4 is 22.7 Å². The number of benzene rings is 2. The van der Waals surface area contributed by atoms with Crippen LogP contribution in [-0.4, -0.2) is 37.4 Å². The van der Waals surface area contributed by atoms with E-state index in [1.54, 1.807) is 0 Å². The minimum Gasteiger partial charge on any atom is -0.490 e. The molecule has 37 heavy (non-hydrogen) atoms. The number of carbonyl (C=O) groups is 2. The Hall–Kier alpha value is -3.28. The second-order valence-electron chi connectivity index (χ2n) is 9.21. The fraction of sp³-hybridized carbons (Fsp3) is 0.484. The number of hydrogen-bond acceptors (Lipinski definition) is 6. The number of carbonyl (C=O) groups excluding carboxylic acids is 2. The van der Waals surface area contributed by atoms with Crippen molar-refractivity contribution < 1.29 is 28.5 Å². The topological polar surface area (TPSA) is 71.1 Å². The molecule has 2 rings (SSSR count). The summed E-state index contributed by atoms with van der Waals surface area (Å²) in [6.45, 7) is 13.8. The number of aryl methyl sites for hydroxylation is 1. The Morgan fingerprint density at radius 1 is 0.811 bits per heavy atom. The van der Waals surface area contributed by atoms with Crippen LogP contribution in [0.15, 0.2) is 55.6 Å². The monoisotopic (exact) mass is 510 g/mol. The zero-order valence-electron chi connectivity index (χ0n) is 22.6. The van der Waals surface area contributed by atoms with E-state index >= 15 is 0 Å². The normalized spacial score (nSPS) is 12.4. The van der Waals surface area contributed by atoms with Gasteiger partial charge in [-0.2, -0.15) is 0 Å². The van der Waals surface area contributed by atoms with Gasteiger partial charge in [0.05, 0.1) is 0 Å². The van der Waals surface area contributed by atoms with E-state index in [1.165, 1.54) is 12.2 Å². The van der Waals surface area contributed by atoms with E-state index in [1.807, 2.05) is 37.3 Å². The van der Waals surface area contributed by atoms with Crippen LogP contribution in [0.3, 0.4) is 0 Å². The van der Waals surface area contributed by atoms with Crippen LogP contribution in [0.4, 0.5) is 0 Å². The highest BCUT2D eigenvalue weighted by Gasteiger charge is 2.16. The Balaban J connectivity index is 2.06. The predicted molar refractivity (Wildman–Crippen MR) is 148 cm³/mol. The van der Waals surface area contributed by atoms with Crippen molar-refractivity contribution in [3.05, 3.63) is 61.2 Å². The van der Waals surface area contributed by atoms with Crippen LogP contribution in [0.5, 0.6) is 11.5 Å². The molecule has 6 heteroatoms. The Morgan fingerprint density at radius 2 is 1.38 bits per heavy atom. The Morgan fingerprint density at radius 3 is 1.92 bits per heavy atom. The van der Waals surface area contributed by atoms with Gasteiger partial charge < -0.3 is 18.9 Å². The smallest absolute Gasteiger partial charge is 0.330 e. The molecular formula is C31H42O6. The second kappa shape index (κ2) is 16.5. The highest BCUT2D eigenvalue weighted by molar-refractivity contribution is 5.88. The van der Waals surface area contributed by atoms with Gasteiger partial charge in [0.1, 0.15) is 36.9 Å². The molecule has 0 fully saturated rings. The molecule has 0 aromatic heterocycles. The number of ether oxygens (including phenoxy) is 4. The third kappa shape index (κ3) is 10.3. The maximum absolute atomic E-state index is 11.7. The Bertz CT molecular complexity index is 1030. The number of unbranched alkanes of at least 4 members (excludes halogenated alkanes) is 4. The molecule has 0 bridgehead atoms. The molecule has 0 saturated heterocycles. The summed E-state index contributed by atoms with van der Waals surface area (Å²) in [5.74, 6) is 0.602. The summed E-state index contributed by atoms with van der Waals surface area (Å²) in [4.78, 5) is 23.4. The third-order valence-corrected chi connectivity index (χ3v) is 6.23. The van der Waals surface area contributed by atoms with Gasteiger partial charge in [-0.15, -0.1) is 0 Å². The minimum atomic E-state index is -0.432. The first-order valence-electron chi connectivity index (χ1n) is 13.4. The zero-order valence-corrected chi connectivity index (χ0v) is 22.6. The summed E-state index contributed by atoms with van der Waals surface area (Å²) in [5.41, 5.74) is 1.00. The average molecular weight is 511 g/mol. The number of esters is 2. The van der Waals surface area contributed by atoms with Gasteiger partial charge in [-0.3, -0.25) is 0 Å². The highest BCUT2D eigenvalue weighted by Crippen LogP contribution is 2.30. The molecule has 2 atom stereocenters. The summed E-state index contributed by atoms with van der Waals surface area (Å²) >= 11 is 0. The average Bonchev–Trinajstić information content (AvgIpc) is 2.90. The van der Waals surface area contributed by atoms with Crippen LogP contribution in [0, 0.1) is 6.92 Å². The molecule has 202 valence electrons. The van der Waals surface area contributed by atoms with E-state index in [0.29, 0.717) is 12.4 Å². The molecule has 0 aliphatic heterocycles. The molecule has 6 nitrogen and oxygen atoms in total. The first-order valence-corrected chi connectivity index (χ1v) is 13.4. The Labute approximate surface area is 221 Å². The molecule has 2 aromatic carbocycles. The molecular weight excluding hydrogens is 468 g/mol. The summed E-state index contributed by atoms with van der Waals surface area (Å²) in [7, 11) is 0. The predicted octanol–water partition coefficient (Wildman–Crippen LogP) is 7.26. The standard InChI is InChI=1S/C31H42O6/c1-6-10-12-14-26(36-30(32)8-3)21-34-25-17-18-28-23(5)29(19-16-24(28)20-25)35-22-27(15-13-11-7-2)37-31(33)9-4/h8-9,16-20,26-27H,3-4,6-7,10-15,21-22H2,1-2,5H3. The fourth-order valence-corrected chi connectivity index (χ4v) is 4.08. The highest BCUT2D eigenvalue weighted by atomic mass is 16.6. The van der Waals surface area contributed by atoms with Crippen molar-refractivity contribution in [1.82, 2.24) is 0 Å². The SMILES string of the molecule is C=CC(=O)OC(CCCCC)COc1ccc2c(C)c(OCC(CCCCC)OC(=O)C=C)ccc2c1. The van der Waals surface area contributed by atoms with Crippen molar-refractivity contribution in [2.24, 2.45) is 0 Å². The van der Waals surface area contributed by atoms with E-state index in [9.17, 15) is 9.59 Å². The summed E-state index contributed by atoms with van der Waals surface area (Å²) in [6.07, 6.45) is 9.54. The fourth-order valence-electron chi connectivity index (χ4n) is 4.08. The molecule has 0 heterocycles. The van der Waals surface area contributed by atoms with Gasteiger partial charge in [0, 0.05) is 12.2 Å². The van der Waals surface area contributed by atoms with E-state index in [2.05, 4.69) is 27.0 Å². The quantitative estimate of drug-likeness (QED) is 0.119. The lowest BCUT2D eigenvalue weighted by molar-refractivity contribution is -0.145. The molecule has 2 aromatic rings. The molecule has 0 N–H and O–H groups in total. The number of fused-ring (bicyclic) bond motifs is 1. The summed E-state index contributed by atoms with van der Waals surface area (Å²) in [5, 5.41) is 2.07. The lowest BCUT2D eigenvalue weighted by atomic mass is 10.0. The van der Waals surface area contributed by atoms with Gasteiger partial charge in [-0.1, -0.05) is 64.8 Å². The molecule has 0 aliphatic rings. The van der Waals surface area contributed by atoms with Crippen LogP contribution in [0.2, 0.25) is 0 Å². The van der Waals surface area contributed by atoms with Crippen LogP contribution in [0.25, 0.3) is 10.8 Å². The van der Waals surface area contributed by atoms with Crippen molar-refractivity contribution in [2.75, 3.05) is 13.2 Å². The van der Waals surface area contributed by atoms with Gasteiger partial charge in [0.2, 0.25) is 0 Å². The van der Waals surface area contributed by atoms with Gasteiger partial charge in [0.25, 0.3) is 0 Å². The van der Waals surface area contributed by atoms with Crippen molar-refractivity contribution in [3.63, 3.8) is 0 Å². The number of hydrogen-bond donors (Lipinski definition) is 0. The lowest BCUT2D eigenvalue weighted by Gasteiger charge is -2.20. The lowest BCUT2D eigenvalue weighted by Crippen LogP contribution is -2.24. The molecule has 0 amide bonds. The van der Waals surface area contributed by atoms with Crippen LogP contribution in [-0.2, 0) is 19.1 Å². The van der Waals surface area contributed by atoms with Gasteiger partial charge in [-0.05, 0) is 67.1 Å². The summed E-state index contributed by atoms with van der Waals surface area (Å²) in [6, 6.07) is 9.81. The van der Waals surface area contributed by atoms with E-state index in [0.717, 1.165) is 73.5 Å². The summed E-state index contributed by atoms with van der Waals surface area (Å²) < 4.78 is 23.0. The van der Waals surface area contributed by atoms with Crippen LogP contribution < -0.4 is 9.47 Å². The Kier molecular flexibility index (Phi) is 13.3. The van der Waals surface area contributed by atoms with E-state index in [4.69, 9.17) is 18.9 Å². The van der Waals surface area contributed by atoms with E-state index in [-0.39, 0.29) is 18.8 Å². The second-order valence-corrected chi connectivity index (χ2v) is 9.21. The molecule has 0 saturated carbocycles. The molecule has 0 aliphatic carbocycles. The molecule has 0 radical (unpaired) electrons. The zero-order chi connectivity index (χ0) is 27.0. The minimum absolute atomic E-state index is 0.290. The first-order chi connectivity index (χ1) is 17.9.